The van der Waals surface area contributed by atoms with Crippen LogP contribution in [0.15, 0.2) is 24.3 Å². The normalized spacial score (nSPS) is 19.9. The molecular formula is C18H24N6O2. The number of urea groups is 1. The molecule has 138 valence electrons. The molecule has 1 aromatic carbocycles. The van der Waals surface area contributed by atoms with Gasteiger partial charge in [0.2, 0.25) is 0 Å². The third-order valence-corrected chi connectivity index (χ3v) is 4.69. The van der Waals surface area contributed by atoms with Crippen molar-refractivity contribution in [1.82, 2.24) is 30.4 Å². The SMILES string of the molecule is CCCc1ccc(C2(C)NC(=O)N(Cc3nnnn3CCC)C2=O)cc1. The quantitative estimate of drug-likeness (QED) is 0.766. The molecule has 3 amide bonds. The number of carbonyl (C=O) groups excluding carboxylic acids is 2. The summed E-state index contributed by atoms with van der Waals surface area (Å²) in [5.41, 5.74) is 0.906. The van der Waals surface area contributed by atoms with Gasteiger partial charge in [-0.15, -0.1) is 5.10 Å². The zero-order chi connectivity index (χ0) is 18.7. The van der Waals surface area contributed by atoms with Crippen molar-refractivity contribution in [3.05, 3.63) is 41.2 Å². The van der Waals surface area contributed by atoms with Crippen molar-refractivity contribution < 1.29 is 9.59 Å². The number of aromatic nitrogens is 4. The van der Waals surface area contributed by atoms with Gasteiger partial charge in [0.05, 0.1) is 6.54 Å². The van der Waals surface area contributed by atoms with Crippen molar-refractivity contribution in [2.75, 3.05) is 0 Å². The van der Waals surface area contributed by atoms with E-state index in [2.05, 4.69) is 27.8 Å². The van der Waals surface area contributed by atoms with E-state index in [1.54, 1.807) is 11.6 Å². The van der Waals surface area contributed by atoms with Crippen LogP contribution in [0.1, 0.15) is 50.6 Å². The maximum atomic E-state index is 13.0. The second-order valence-electron chi connectivity index (χ2n) is 6.71. The third kappa shape index (κ3) is 3.18. The molecule has 0 bridgehead atoms. The highest BCUT2D eigenvalue weighted by molar-refractivity contribution is 6.07. The summed E-state index contributed by atoms with van der Waals surface area (Å²) in [7, 11) is 0. The first-order chi connectivity index (χ1) is 12.5. The number of carbonyl (C=O) groups is 2. The van der Waals surface area contributed by atoms with Gasteiger partial charge in [-0.3, -0.25) is 9.69 Å². The number of hydrogen-bond donors (Lipinski definition) is 1. The van der Waals surface area contributed by atoms with Crippen molar-refractivity contribution in [2.45, 2.75) is 58.7 Å². The van der Waals surface area contributed by atoms with Crippen LogP contribution in [0.25, 0.3) is 0 Å². The Bertz CT molecular complexity index is 800. The smallest absolute Gasteiger partial charge is 0.319 e. The lowest BCUT2D eigenvalue weighted by Crippen LogP contribution is -2.40. The number of nitrogens with one attached hydrogen (secondary N) is 1. The molecule has 0 saturated carbocycles. The predicted octanol–water partition coefficient (Wildman–Crippen LogP) is 2.00. The maximum absolute atomic E-state index is 13.0. The fourth-order valence-electron chi connectivity index (χ4n) is 3.19. The van der Waals surface area contributed by atoms with Crippen molar-refractivity contribution in [3.8, 4) is 0 Å². The Labute approximate surface area is 152 Å². The second kappa shape index (κ2) is 7.23. The van der Waals surface area contributed by atoms with Crippen molar-refractivity contribution in [2.24, 2.45) is 0 Å². The maximum Gasteiger partial charge on any atom is 0.325 e. The largest absolute Gasteiger partial charge is 0.325 e. The number of rotatable bonds is 7. The van der Waals surface area contributed by atoms with Crippen molar-refractivity contribution in [3.63, 3.8) is 0 Å². The first-order valence-corrected chi connectivity index (χ1v) is 8.98. The highest BCUT2D eigenvalue weighted by atomic mass is 16.2. The summed E-state index contributed by atoms with van der Waals surface area (Å²) in [4.78, 5) is 26.6. The van der Waals surface area contributed by atoms with Crippen LogP contribution in [0.4, 0.5) is 4.79 Å². The zero-order valence-electron chi connectivity index (χ0n) is 15.4. The molecule has 1 aromatic heterocycles. The van der Waals surface area contributed by atoms with E-state index in [1.807, 2.05) is 31.2 Å². The van der Waals surface area contributed by atoms with E-state index in [0.29, 0.717) is 12.4 Å². The molecule has 1 atom stereocenters. The van der Waals surface area contributed by atoms with Crippen LogP contribution in [-0.4, -0.2) is 37.0 Å². The molecule has 0 aliphatic carbocycles. The van der Waals surface area contributed by atoms with Crippen LogP contribution >= 0.6 is 0 Å². The molecule has 0 spiro atoms. The average Bonchev–Trinajstić information content (AvgIpc) is 3.15. The molecule has 2 heterocycles. The molecule has 1 fully saturated rings. The van der Waals surface area contributed by atoms with Gasteiger partial charge in [-0.25, -0.2) is 9.48 Å². The monoisotopic (exact) mass is 356 g/mol. The van der Waals surface area contributed by atoms with Gasteiger partial charge in [0.1, 0.15) is 5.54 Å². The fraction of sp³-hybridized carbons (Fsp3) is 0.500. The van der Waals surface area contributed by atoms with Gasteiger partial charge < -0.3 is 5.32 Å². The zero-order valence-corrected chi connectivity index (χ0v) is 15.4. The molecular weight excluding hydrogens is 332 g/mol. The minimum atomic E-state index is -1.08. The second-order valence-corrected chi connectivity index (χ2v) is 6.71. The summed E-state index contributed by atoms with van der Waals surface area (Å²) in [6.45, 7) is 6.57. The van der Waals surface area contributed by atoms with Gasteiger partial charge in [0.15, 0.2) is 5.82 Å². The van der Waals surface area contributed by atoms with Gasteiger partial charge in [-0.05, 0) is 41.3 Å². The summed E-state index contributed by atoms with van der Waals surface area (Å²) in [5.74, 6) is 0.203. The van der Waals surface area contributed by atoms with Gasteiger partial charge in [0, 0.05) is 6.54 Å². The number of tetrazole rings is 1. The molecule has 26 heavy (non-hydrogen) atoms. The predicted molar refractivity (Wildman–Crippen MR) is 95.0 cm³/mol. The summed E-state index contributed by atoms with van der Waals surface area (Å²) >= 11 is 0. The van der Waals surface area contributed by atoms with E-state index in [-0.39, 0.29) is 12.5 Å². The lowest BCUT2D eigenvalue weighted by Gasteiger charge is -2.22. The van der Waals surface area contributed by atoms with Crippen LogP contribution in [0.3, 0.4) is 0 Å². The van der Waals surface area contributed by atoms with Gasteiger partial charge >= 0.3 is 6.03 Å². The van der Waals surface area contributed by atoms with Gasteiger partial charge in [0.25, 0.3) is 5.91 Å². The van der Waals surface area contributed by atoms with E-state index < -0.39 is 11.6 Å². The van der Waals surface area contributed by atoms with Gasteiger partial charge in [-0.1, -0.05) is 44.5 Å². The number of hydrogen-bond acceptors (Lipinski definition) is 5. The summed E-state index contributed by atoms with van der Waals surface area (Å²) < 4.78 is 1.62. The van der Waals surface area contributed by atoms with E-state index in [4.69, 9.17) is 0 Å². The Morgan fingerprint density at radius 1 is 1.12 bits per heavy atom. The van der Waals surface area contributed by atoms with Gasteiger partial charge in [-0.2, -0.15) is 0 Å². The van der Waals surface area contributed by atoms with E-state index in [9.17, 15) is 9.59 Å². The molecule has 8 nitrogen and oxygen atoms in total. The van der Waals surface area contributed by atoms with Crippen LogP contribution < -0.4 is 5.32 Å². The highest BCUT2D eigenvalue weighted by Gasteiger charge is 2.49. The van der Waals surface area contributed by atoms with Crippen LogP contribution in [0, 0.1) is 0 Å². The van der Waals surface area contributed by atoms with E-state index in [1.165, 1.54) is 10.5 Å². The molecule has 1 N–H and O–H groups in total. The fourth-order valence-corrected chi connectivity index (χ4v) is 3.19. The van der Waals surface area contributed by atoms with Crippen LogP contribution in [0.2, 0.25) is 0 Å². The average molecular weight is 356 g/mol. The lowest BCUT2D eigenvalue weighted by atomic mass is 9.91. The van der Waals surface area contributed by atoms with Crippen LogP contribution in [0.5, 0.6) is 0 Å². The Kier molecular flexibility index (Phi) is 5.01. The number of aryl methyl sites for hydroxylation is 2. The van der Waals surface area contributed by atoms with Crippen molar-refractivity contribution in [1.29, 1.82) is 0 Å². The van der Waals surface area contributed by atoms with Crippen LogP contribution in [-0.2, 0) is 29.8 Å². The Morgan fingerprint density at radius 3 is 2.50 bits per heavy atom. The Hall–Kier alpha value is -2.77. The number of nitrogens with zero attached hydrogens (tertiary/aromatic N) is 5. The molecule has 1 aliphatic rings. The standard InChI is InChI=1S/C18H24N6O2/c1-4-6-13-7-9-14(10-8-13)18(3)16(25)23(17(26)19-18)12-15-20-21-22-24(15)11-5-2/h7-10H,4-6,11-12H2,1-3H3,(H,19,26). The molecule has 1 unspecified atom stereocenters. The number of amides is 3. The van der Waals surface area contributed by atoms with E-state index >= 15 is 0 Å². The molecule has 0 radical (unpaired) electrons. The van der Waals surface area contributed by atoms with Crippen molar-refractivity contribution >= 4 is 11.9 Å². The molecule has 3 rings (SSSR count). The molecule has 8 heteroatoms. The minimum Gasteiger partial charge on any atom is -0.319 e. The molecule has 1 saturated heterocycles. The summed E-state index contributed by atoms with van der Waals surface area (Å²) in [6, 6.07) is 7.41. The highest BCUT2D eigenvalue weighted by Crippen LogP contribution is 2.30. The summed E-state index contributed by atoms with van der Waals surface area (Å²) in [6.07, 6.45) is 2.91. The number of benzene rings is 1. The topological polar surface area (TPSA) is 93.0 Å². The first kappa shape index (κ1) is 18.0. The summed E-state index contributed by atoms with van der Waals surface area (Å²) in [5, 5.41) is 14.3. The number of imide groups is 1. The third-order valence-electron chi connectivity index (χ3n) is 4.69. The Morgan fingerprint density at radius 2 is 1.85 bits per heavy atom. The lowest BCUT2D eigenvalue weighted by molar-refractivity contribution is -0.131. The molecule has 2 aromatic rings. The van der Waals surface area contributed by atoms with E-state index in [0.717, 1.165) is 24.8 Å². The Balaban J connectivity index is 1.82. The molecule has 1 aliphatic heterocycles. The first-order valence-electron chi connectivity index (χ1n) is 8.98. The minimum absolute atomic E-state index is 0.0567.